The molecule has 0 aromatic carbocycles. The smallest absolute Gasteiger partial charge is 0.759 e. The fraction of sp³-hybridized carbons (Fsp3) is 0.500. The van der Waals surface area contributed by atoms with Crippen molar-refractivity contribution in [3.05, 3.63) is 0 Å². The van der Waals surface area contributed by atoms with Crippen molar-refractivity contribution >= 4 is 60.1 Å². The van der Waals surface area contributed by atoms with Crippen molar-refractivity contribution in [2.75, 3.05) is 0 Å². The van der Waals surface area contributed by atoms with Crippen LogP contribution in [-0.2, 0) is 20.0 Å². The van der Waals surface area contributed by atoms with E-state index >= 15 is 0 Å². The van der Waals surface area contributed by atoms with E-state index < -0.39 is 22.3 Å². The van der Waals surface area contributed by atoms with Crippen molar-refractivity contribution in [1.29, 1.82) is 0 Å². The molecular formula is C4H12CaLi2O11S. The second-order valence-corrected chi connectivity index (χ2v) is 2.21. The summed E-state index contributed by atoms with van der Waals surface area (Å²) >= 11 is 0. The van der Waals surface area contributed by atoms with Crippen LogP contribution in [0.25, 0.3) is 0 Å². The molecule has 0 unspecified atom stereocenters. The first-order valence-corrected chi connectivity index (χ1v) is 3.82. The van der Waals surface area contributed by atoms with Crippen LogP contribution in [0.1, 0.15) is 13.8 Å². The van der Waals surface area contributed by atoms with E-state index in [1.807, 2.05) is 0 Å². The molecule has 0 aliphatic heterocycles. The zero-order chi connectivity index (χ0) is 11.7. The van der Waals surface area contributed by atoms with Gasteiger partial charge in [0.15, 0.2) is 0 Å². The fourth-order valence-electron chi connectivity index (χ4n) is 0. The molecule has 0 bridgehead atoms. The molecule has 0 heterocycles. The Morgan fingerprint density at radius 1 is 0.789 bits per heavy atom. The van der Waals surface area contributed by atoms with Gasteiger partial charge in [-0.25, -0.2) is 0 Å². The SMILES string of the molecule is CC(=O)[O-].CC(=O)[O-].O.O.O.O=S(=O)([O-])[O-].[Ca+2].[Li+].[Li+]. The first-order valence-electron chi connectivity index (χ1n) is 2.48. The van der Waals surface area contributed by atoms with Gasteiger partial charge in [-0.3, -0.25) is 8.42 Å². The van der Waals surface area contributed by atoms with Crippen molar-refractivity contribution in [1.82, 2.24) is 0 Å². The number of hydrogen-bond acceptors (Lipinski definition) is 8. The molecule has 0 fully saturated rings. The van der Waals surface area contributed by atoms with Crippen LogP contribution in [-0.4, -0.2) is 83.6 Å². The Hall–Kier alpha value is 1.14. The van der Waals surface area contributed by atoms with Crippen LogP contribution in [0.3, 0.4) is 0 Å². The molecule has 0 radical (unpaired) electrons. The summed E-state index contributed by atoms with van der Waals surface area (Å²) in [5.74, 6) is -2.17. The van der Waals surface area contributed by atoms with Gasteiger partial charge in [-0.2, -0.15) is 0 Å². The maximum absolute atomic E-state index is 8.89. The van der Waals surface area contributed by atoms with Crippen molar-refractivity contribution in [3.63, 3.8) is 0 Å². The van der Waals surface area contributed by atoms with Crippen molar-refractivity contribution in [2.24, 2.45) is 0 Å². The molecule has 0 spiro atoms. The molecule has 0 saturated heterocycles. The third-order valence-corrected chi connectivity index (χ3v) is 0. The van der Waals surface area contributed by atoms with Gasteiger partial charge < -0.3 is 45.3 Å². The van der Waals surface area contributed by atoms with E-state index in [4.69, 9.17) is 37.3 Å². The van der Waals surface area contributed by atoms with E-state index in [1.54, 1.807) is 0 Å². The summed E-state index contributed by atoms with van der Waals surface area (Å²) in [5, 5.41) is 17.8. The van der Waals surface area contributed by atoms with Gasteiger partial charge in [-0.15, -0.1) is 0 Å². The average Bonchev–Trinajstić information content (AvgIpc) is 1.50. The number of carbonyl (C=O) groups excluding carboxylic acids is 2. The number of carbonyl (C=O) groups is 2. The van der Waals surface area contributed by atoms with Crippen molar-refractivity contribution in [2.45, 2.75) is 13.8 Å². The number of carboxylic acids is 2. The minimum absolute atomic E-state index is 0. The van der Waals surface area contributed by atoms with Gasteiger partial charge in [0.05, 0.1) is 0 Å². The molecule has 104 valence electrons. The summed E-state index contributed by atoms with van der Waals surface area (Å²) in [7, 11) is -5.17. The first-order chi connectivity index (χ1) is 5.46. The summed E-state index contributed by atoms with van der Waals surface area (Å²) in [6.45, 7) is 1.94. The largest absolute Gasteiger partial charge is 2.00 e. The molecule has 19 heavy (non-hydrogen) atoms. The predicted molar refractivity (Wildman–Crippen MR) is 48.4 cm³/mol. The summed E-state index contributed by atoms with van der Waals surface area (Å²) in [4.78, 5) is 17.8. The summed E-state index contributed by atoms with van der Waals surface area (Å²) in [5.41, 5.74) is 0. The van der Waals surface area contributed by atoms with Crippen LogP contribution in [0.2, 0.25) is 0 Å². The second-order valence-electron chi connectivity index (χ2n) is 1.39. The Kier molecular flexibility index (Phi) is 114. The van der Waals surface area contributed by atoms with E-state index in [9.17, 15) is 0 Å². The van der Waals surface area contributed by atoms with Crippen LogP contribution < -0.4 is 47.9 Å². The number of carboxylic acid groups (broad SMARTS) is 2. The summed E-state index contributed by atoms with van der Waals surface area (Å²) in [6.07, 6.45) is 0. The zero-order valence-electron chi connectivity index (χ0n) is 10.9. The molecule has 0 aromatic rings. The monoisotopic (exact) mass is 322 g/mol. The summed E-state index contributed by atoms with van der Waals surface area (Å²) in [6, 6.07) is 0. The normalized spacial score (nSPS) is 5.68. The van der Waals surface area contributed by atoms with Gasteiger partial charge in [0, 0.05) is 22.3 Å². The van der Waals surface area contributed by atoms with Crippen molar-refractivity contribution < 1.29 is 91.5 Å². The number of aliphatic carboxylic acids is 2. The third kappa shape index (κ3) is 4300. The molecule has 15 heteroatoms. The topological polar surface area (TPSA) is 255 Å². The van der Waals surface area contributed by atoms with Gasteiger partial charge in [0.1, 0.15) is 0 Å². The van der Waals surface area contributed by atoms with Gasteiger partial charge in [0.2, 0.25) is 0 Å². The molecule has 0 aromatic heterocycles. The van der Waals surface area contributed by atoms with Gasteiger partial charge in [0.25, 0.3) is 0 Å². The van der Waals surface area contributed by atoms with Gasteiger partial charge >= 0.3 is 75.5 Å². The molecule has 0 rings (SSSR count). The van der Waals surface area contributed by atoms with Crippen molar-refractivity contribution in [3.8, 4) is 0 Å². The quantitative estimate of drug-likeness (QED) is 0.234. The zero-order valence-corrected chi connectivity index (χ0v) is 13.9. The third-order valence-electron chi connectivity index (χ3n) is 0. The molecule has 11 nitrogen and oxygen atoms in total. The average molecular weight is 322 g/mol. The minimum Gasteiger partial charge on any atom is -0.759 e. The Balaban J connectivity index is -0.00000000980. The Morgan fingerprint density at radius 3 is 0.789 bits per heavy atom. The van der Waals surface area contributed by atoms with E-state index in [0.29, 0.717) is 0 Å². The Labute approximate surface area is 164 Å². The van der Waals surface area contributed by atoms with Crippen LogP contribution in [0.5, 0.6) is 0 Å². The summed E-state index contributed by atoms with van der Waals surface area (Å²) < 4.78 is 34.1. The van der Waals surface area contributed by atoms with Crippen LogP contribution in [0.15, 0.2) is 0 Å². The fourth-order valence-corrected chi connectivity index (χ4v) is 0. The van der Waals surface area contributed by atoms with Gasteiger partial charge in [-0.05, 0) is 13.8 Å². The van der Waals surface area contributed by atoms with E-state index in [2.05, 4.69) is 0 Å². The van der Waals surface area contributed by atoms with Crippen LogP contribution in [0, 0.1) is 0 Å². The molecule has 0 aliphatic carbocycles. The minimum atomic E-state index is -5.17. The molecule has 0 amide bonds. The second kappa shape index (κ2) is 36.5. The van der Waals surface area contributed by atoms with Gasteiger partial charge in [-0.1, -0.05) is 0 Å². The molecule has 0 atom stereocenters. The van der Waals surface area contributed by atoms with E-state index in [-0.39, 0.29) is 91.9 Å². The number of hydrogen-bond donors (Lipinski definition) is 0. The Morgan fingerprint density at radius 2 is 0.789 bits per heavy atom. The van der Waals surface area contributed by atoms with E-state index in [1.165, 1.54) is 0 Å². The number of rotatable bonds is 0. The Bertz CT molecular complexity index is 227. The molecule has 6 N–H and O–H groups in total. The van der Waals surface area contributed by atoms with Crippen LogP contribution in [0.4, 0.5) is 0 Å². The standard InChI is InChI=1S/2C2H4O2.Ca.2Li.H2O4S.3H2O/c2*1-2(3)4;;;;1-5(2,3)4;;;/h2*1H3,(H,3,4);;;;(H2,1,2,3,4);3*1H2/q;;+2;2*+1;;;;/p-4. The molecular weight excluding hydrogens is 310 g/mol. The maximum atomic E-state index is 8.89. The first kappa shape index (κ1) is 59.4. The van der Waals surface area contributed by atoms with Crippen LogP contribution >= 0.6 is 0 Å². The van der Waals surface area contributed by atoms with E-state index in [0.717, 1.165) is 13.8 Å². The molecule has 0 saturated carbocycles. The predicted octanol–water partition coefficient (Wildman–Crippen LogP) is -12.7. The molecule has 0 aliphatic rings. The maximum Gasteiger partial charge on any atom is 2.00 e.